The molecular weight excluding hydrogens is 658 g/mol. The summed E-state index contributed by atoms with van der Waals surface area (Å²) in [5.74, 6) is -3.47. The average Bonchev–Trinajstić information content (AvgIpc) is 3.46. The van der Waals surface area contributed by atoms with Crippen LogP contribution in [0.1, 0.15) is 77.5 Å². The lowest BCUT2D eigenvalue weighted by Crippen LogP contribution is -2.39. The Bertz CT molecular complexity index is 1690. The fraction of sp³-hybridized carbons (Fsp3) is 0.514. The lowest BCUT2D eigenvalue weighted by atomic mass is 9.85. The van der Waals surface area contributed by atoms with Crippen molar-refractivity contribution in [2.75, 3.05) is 14.2 Å². The molecule has 1 aromatic rings. The first-order chi connectivity index (χ1) is 23.8. The zero-order valence-electron chi connectivity index (χ0n) is 31.0. The molecule has 0 fully saturated rings. The van der Waals surface area contributed by atoms with Crippen molar-refractivity contribution < 1.29 is 43.3 Å². The van der Waals surface area contributed by atoms with Gasteiger partial charge in [0, 0.05) is 37.4 Å². The standard InChI is InChI=1S/C37H51N5O9/c1-19-14-24-30(40-35(47)26-17-23(5)41-42(26)37(6,7)8)27(43)18-25(32(24)45)39-34(46)20(2)12-11-13-28(49-9)33(51-36(38)48)22(4)16-21(3)31(44)29(15-19)50-10/h11-13,16-19,21,28-29,31,33,44H,14-15H2,1-10H3,(H2,38,48)(H,39,46)(H,40,47)/b13-11-,20-12+,22-16+/t19-,21+,28+,29+,31-,33-/m1/s1. The number of Topliss-reactive ketones (excluding diaryl/α,β-unsaturated/α-hetero) is 1. The molecule has 1 aromatic heterocycles. The number of nitrogens with zero attached hydrogens (tertiary/aromatic N) is 2. The molecule has 3 amide bonds. The van der Waals surface area contributed by atoms with Crippen molar-refractivity contribution in [2.45, 2.75) is 98.2 Å². The summed E-state index contributed by atoms with van der Waals surface area (Å²) >= 11 is 0. The van der Waals surface area contributed by atoms with Crippen molar-refractivity contribution >= 4 is 29.5 Å². The number of hydrogen-bond acceptors (Lipinski definition) is 10. The number of carbonyl (C=O) groups is 5. The number of nitrogens with two attached hydrogens (primary N) is 1. The van der Waals surface area contributed by atoms with Crippen LogP contribution in [-0.4, -0.2) is 83.0 Å². The zero-order valence-corrected chi connectivity index (χ0v) is 31.0. The van der Waals surface area contributed by atoms with Crippen molar-refractivity contribution in [2.24, 2.45) is 17.6 Å². The minimum absolute atomic E-state index is 0.000786. The van der Waals surface area contributed by atoms with Crippen molar-refractivity contribution in [1.29, 1.82) is 0 Å². The van der Waals surface area contributed by atoms with Gasteiger partial charge >= 0.3 is 6.09 Å². The molecule has 0 saturated heterocycles. The van der Waals surface area contributed by atoms with E-state index in [0.717, 1.165) is 6.08 Å². The Balaban J connectivity index is 2.12. The maximum Gasteiger partial charge on any atom is 0.405 e. The Hall–Kier alpha value is -4.66. The zero-order chi connectivity index (χ0) is 38.4. The third kappa shape index (κ3) is 10.2. The number of nitrogens with one attached hydrogen (secondary N) is 2. The number of aliphatic hydroxyl groups excluding tert-OH is 1. The van der Waals surface area contributed by atoms with Gasteiger partial charge in [0.1, 0.15) is 11.8 Å². The molecule has 6 atom stereocenters. The van der Waals surface area contributed by atoms with E-state index in [9.17, 15) is 29.1 Å². The van der Waals surface area contributed by atoms with Crippen LogP contribution in [0, 0.1) is 18.8 Å². The quantitative estimate of drug-likeness (QED) is 0.259. The van der Waals surface area contributed by atoms with Crippen molar-refractivity contribution in [1.82, 2.24) is 20.4 Å². The molecule has 2 aliphatic rings. The van der Waals surface area contributed by atoms with E-state index in [-0.39, 0.29) is 47.0 Å². The molecule has 3 rings (SSSR count). The Morgan fingerprint density at radius 2 is 1.76 bits per heavy atom. The predicted molar refractivity (Wildman–Crippen MR) is 189 cm³/mol. The molecule has 0 spiro atoms. The smallest absolute Gasteiger partial charge is 0.405 e. The second kappa shape index (κ2) is 17.0. The van der Waals surface area contributed by atoms with Crippen LogP contribution in [0.15, 0.2) is 64.6 Å². The van der Waals surface area contributed by atoms with Gasteiger partial charge in [-0.25, -0.2) is 4.79 Å². The molecular formula is C37H51N5O9. The normalized spacial score (nSPS) is 28.5. The number of aliphatic hydroxyl groups is 1. The third-order valence-electron chi connectivity index (χ3n) is 8.73. The third-order valence-corrected chi connectivity index (χ3v) is 8.73. The number of rotatable bonds is 5. The number of primary amides is 1. The van der Waals surface area contributed by atoms with Gasteiger partial charge in [0.25, 0.3) is 11.8 Å². The minimum atomic E-state index is -1.04. The highest BCUT2D eigenvalue weighted by molar-refractivity contribution is 6.24. The van der Waals surface area contributed by atoms with E-state index in [1.165, 1.54) is 33.3 Å². The molecule has 14 heteroatoms. The fourth-order valence-corrected chi connectivity index (χ4v) is 6.07. The van der Waals surface area contributed by atoms with Crippen molar-refractivity contribution in [3.8, 4) is 0 Å². The maximum atomic E-state index is 14.0. The summed E-state index contributed by atoms with van der Waals surface area (Å²) in [6, 6.07) is 1.60. The van der Waals surface area contributed by atoms with Gasteiger partial charge in [0.15, 0.2) is 6.10 Å². The van der Waals surface area contributed by atoms with Crippen LogP contribution in [-0.2, 0) is 34.1 Å². The monoisotopic (exact) mass is 709 g/mol. The van der Waals surface area contributed by atoms with Gasteiger partial charge in [-0.2, -0.15) is 5.10 Å². The van der Waals surface area contributed by atoms with E-state index in [1.807, 2.05) is 27.7 Å². The lowest BCUT2D eigenvalue weighted by Gasteiger charge is -2.30. The van der Waals surface area contributed by atoms with Gasteiger partial charge in [-0.3, -0.25) is 23.9 Å². The number of ketones is 2. The molecule has 1 aliphatic heterocycles. The highest BCUT2D eigenvalue weighted by atomic mass is 16.6. The van der Waals surface area contributed by atoms with Crippen LogP contribution in [0.25, 0.3) is 0 Å². The SMILES string of the molecule is CO[C@H]1/C=C\C=C(/C)C(=O)NC2=CC(=O)C(NC(=O)c3cc(C)nn3C(C)(C)C)=C(C[C@@H](C)C[C@H](OC)[C@H](O)[C@@H](C)/C=C(\C)[C@H]1OC(N)=O)C2=O. The molecule has 14 nitrogen and oxygen atoms in total. The molecule has 0 radical (unpaired) electrons. The number of fused-ring (bicyclic) bond motifs is 2. The van der Waals surface area contributed by atoms with Crippen LogP contribution in [0.4, 0.5) is 4.79 Å². The molecule has 0 aromatic carbocycles. The molecule has 2 bridgehead atoms. The fourth-order valence-electron chi connectivity index (χ4n) is 6.07. The van der Waals surface area contributed by atoms with Crippen LogP contribution >= 0.6 is 0 Å². The number of hydrogen-bond donors (Lipinski definition) is 4. The highest BCUT2D eigenvalue weighted by Gasteiger charge is 2.35. The van der Waals surface area contributed by atoms with Gasteiger partial charge in [0.05, 0.1) is 34.8 Å². The number of carbonyl (C=O) groups excluding carboxylic acids is 5. The van der Waals surface area contributed by atoms with Gasteiger partial charge in [-0.15, -0.1) is 0 Å². The Morgan fingerprint density at radius 3 is 2.35 bits per heavy atom. The second-order valence-corrected chi connectivity index (χ2v) is 14.1. The molecule has 51 heavy (non-hydrogen) atoms. The van der Waals surface area contributed by atoms with Crippen LogP contribution in [0.2, 0.25) is 0 Å². The van der Waals surface area contributed by atoms with E-state index < -0.39 is 65.3 Å². The predicted octanol–water partition coefficient (Wildman–Crippen LogP) is 3.45. The Morgan fingerprint density at radius 1 is 1.10 bits per heavy atom. The summed E-state index contributed by atoms with van der Waals surface area (Å²) in [5, 5.41) is 21.1. The summed E-state index contributed by atoms with van der Waals surface area (Å²) in [5.41, 5.74) is 5.89. The number of allylic oxidation sites excluding steroid dienone is 4. The lowest BCUT2D eigenvalue weighted by molar-refractivity contribution is -0.120. The van der Waals surface area contributed by atoms with Gasteiger partial charge in [0.2, 0.25) is 11.6 Å². The van der Waals surface area contributed by atoms with Crippen LogP contribution in [0.5, 0.6) is 0 Å². The second-order valence-electron chi connectivity index (χ2n) is 14.1. The summed E-state index contributed by atoms with van der Waals surface area (Å²) in [6.07, 6.45) is 2.95. The molecule has 0 unspecified atom stereocenters. The summed E-state index contributed by atoms with van der Waals surface area (Å²) in [6.45, 7) is 14.2. The van der Waals surface area contributed by atoms with Gasteiger partial charge < -0.3 is 35.7 Å². The molecule has 0 saturated carbocycles. The maximum absolute atomic E-state index is 14.0. The number of amides is 3. The van der Waals surface area contributed by atoms with E-state index in [2.05, 4.69) is 15.7 Å². The van der Waals surface area contributed by atoms with E-state index in [1.54, 1.807) is 43.7 Å². The first-order valence-corrected chi connectivity index (χ1v) is 16.8. The largest absolute Gasteiger partial charge is 0.439 e. The van der Waals surface area contributed by atoms with Crippen molar-refractivity contribution in [3.05, 3.63) is 75.9 Å². The Labute approximate surface area is 298 Å². The van der Waals surface area contributed by atoms with E-state index in [4.69, 9.17) is 19.9 Å². The number of aryl methyl sites for hydroxylation is 1. The van der Waals surface area contributed by atoms with Crippen molar-refractivity contribution in [3.63, 3.8) is 0 Å². The summed E-state index contributed by atoms with van der Waals surface area (Å²) in [4.78, 5) is 66.4. The summed E-state index contributed by atoms with van der Waals surface area (Å²) in [7, 11) is 2.87. The number of methoxy groups -OCH3 is 2. The molecule has 278 valence electrons. The first-order valence-electron chi connectivity index (χ1n) is 16.8. The van der Waals surface area contributed by atoms with Crippen LogP contribution in [0.3, 0.4) is 0 Å². The van der Waals surface area contributed by atoms with Crippen LogP contribution < -0.4 is 16.4 Å². The molecule has 5 N–H and O–H groups in total. The Kier molecular flexibility index (Phi) is 13.6. The van der Waals surface area contributed by atoms with E-state index >= 15 is 0 Å². The topological polar surface area (TPSA) is 201 Å². The average molecular weight is 710 g/mol. The van der Waals surface area contributed by atoms with Gasteiger partial charge in [-0.1, -0.05) is 38.2 Å². The van der Waals surface area contributed by atoms with E-state index in [0.29, 0.717) is 11.3 Å². The minimum Gasteiger partial charge on any atom is -0.439 e. The number of ether oxygens (including phenoxy) is 3. The number of aromatic nitrogens is 2. The molecule has 2 heterocycles. The van der Waals surface area contributed by atoms with Gasteiger partial charge in [-0.05, 0) is 71.9 Å². The molecule has 1 aliphatic carbocycles. The summed E-state index contributed by atoms with van der Waals surface area (Å²) < 4.78 is 18.2. The highest BCUT2D eigenvalue weighted by Crippen LogP contribution is 2.29. The first kappa shape index (κ1) is 40.8.